The maximum Gasteiger partial charge on any atom is 0.144 e. The van der Waals surface area contributed by atoms with Crippen molar-refractivity contribution in [2.24, 2.45) is 5.11 Å². The van der Waals surface area contributed by atoms with Crippen LogP contribution in [0.3, 0.4) is 0 Å². The Labute approximate surface area is 61.8 Å². The normalized spacial score (nSPS) is 7.91. The molecule has 52 valence electrons. The van der Waals surface area contributed by atoms with Crippen molar-refractivity contribution in [1.82, 2.24) is 9.97 Å². The second kappa shape index (κ2) is 3.15. The zero-order chi connectivity index (χ0) is 8.10. The second-order valence-electron chi connectivity index (χ2n) is 1.56. The molecule has 0 N–H and O–H groups in total. The van der Waals surface area contributed by atoms with Gasteiger partial charge in [0.15, 0.2) is 0 Å². The van der Waals surface area contributed by atoms with Crippen LogP contribution in [0.2, 0.25) is 0 Å². The summed E-state index contributed by atoms with van der Waals surface area (Å²) in [4.78, 5) is 9.69. The lowest BCUT2D eigenvalue weighted by Gasteiger charge is -1.87. The van der Waals surface area contributed by atoms with Crippen molar-refractivity contribution in [3.8, 4) is 6.07 Å². The minimum atomic E-state index is 0.152. The Hall–Kier alpha value is -2.12. The van der Waals surface area contributed by atoms with Crippen molar-refractivity contribution in [1.29, 1.82) is 5.26 Å². The van der Waals surface area contributed by atoms with E-state index in [4.69, 9.17) is 10.8 Å². The Morgan fingerprint density at radius 3 is 3.09 bits per heavy atom. The fourth-order valence-electron chi connectivity index (χ4n) is 0.509. The Morgan fingerprint density at radius 1 is 1.64 bits per heavy atom. The molecule has 0 aliphatic heterocycles. The zero-order valence-electron chi connectivity index (χ0n) is 5.34. The third kappa shape index (κ3) is 1.64. The van der Waals surface area contributed by atoms with Crippen molar-refractivity contribution in [3.05, 3.63) is 28.5 Å². The number of nitrogens with zero attached hydrogens (tertiary/aromatic N) is 6. The summed E-state index contributed by atoms with van der Waals surface area (Å²) in [6, 6.07) is 3.10. The molecule has 0 saturated heterocycles. The molecular formula is C5H2N6. The zero-order valence-corrected chi connectivity index (χ0v) is 5.34. The van der Waals surface area contributed by atoms with Crippen LogP contribution < -0.4 is 0 Å². The predicted octanol–water partition coefficient (Wildman–Crippen LogP) is 1.29. The highest BCUT2D eigenvalue weighted by Gasteiger charge is 1.92. The van der Waals surface area contributed by atoms with Crippen LogP contribution in [-0.2, 0) is 0 Å². The molecule has 0 amide bonds. The average Bonchev–Trinajstić information content (AvgIpc) is 2.06. The van der Waals surface area contributed by atoms with Gasteiger partial charge >= 0.3 is 0 Å². The molecule has 0 fully saturated rings. The third-order valence-electron chi connectivity index (χ3n) is 0.914. The van der Waals surface area contributed by atoms with E-state index in [9.17, 15) is 0 Å². The summed E-state index contributed by atoms with van der Waals surface area (Å²) in [7, 11) is 0. The van der Waals surface area contributed by atoms with Crippen LogP contribution in [0.15, 0.2) is 17.5 Å². The van der Waals surface area contributed by atoms with E-state index in [1.54, 1.807) is 6.07 Å². The van der Waals surface area contributed by atoms with E-state index >= 15 is 0 Å². The van der Waals surface area contributed by atoms with Crippen molar-refractivity contribution in [2.45, 2.75) is 0 Å². The number of aromatic nitrogens is 2. The minimum absolute atomic E-state index is 0.152. The van der Waals surface area contributed by atoms with Gasteiger partial charge in [-0.25, -0.2) is 9.97 Å². The van der Waals surface area contributed by atoms with Gasteiger partial charge in [0.1, 0.15) is 23.9 Å². The average molecular weight is 146 g/mol. The van der Waals surface area contributed by atoms with E-state index < -0.39 is 0 Å². The smallest absolute Gasteiger partial charge is 0.144 e. The lowest BCUT2D eigenvalue weighted by atomic mass is 10.4. The van der Waals surface area contributed by atoms with E-state index in [0.29, 0.717) is 0 Å². The van der Waals surface area contributed by atoms with Gasteiger partial charge < -0.3 is 0 Å². The van der Waals surface area contributed by atoms with Gasteiger partial charge in [-0.1, -0.05) is 0 Å². The van der Waals surface area contributed by atoms with Gasteiger partial charge in [0.25, 0.3) is 0 Å². The van der Waals surface area contributed by atoms with Crippen LogP contribution in [0.5, 0.6) is 0 Å². The monoisotopic (exact) mass is 146 g/mol. The molecule has 0 unspecified atom stereocenters. The van der Waals surface area contributed by atoms with E-state index in [1.165, 1.54) is 12.4 Å². The molecule has 1 heterocycles. The summed E-state index contributed by atoms with van der Waals surface area (Å²) in [6.45, 7) is 0. The molecule has 6 nitrogen and oxygen atoms in total. The van der Waals surface area contributed by atoms with Gasteiger partial charge in [0, 0.05) is 11.0 Å². The molecule has 0 spiro atoms. The Morgan fingerprint density at radius 2 is 2.45 bits per heavy atom. The molecule has 0 atom stereocenters. The lowest BCUT2D eigenvalue weighted by molar-refractivity contribution is 1.12. The summed E-state index contributed by atoms with van der Waals surface area (Å²) in [5.41, 5.74) is 8.18. The highest BCUT2D eigenvalue weighted by atomic mass is 15.2. The van der Waals surface area contributed by atoms with Gasteiger partial charge in [-0.05, 0) is 10.6 Å². The number of nitriles is 1. The topological polar surface area (TPSA) is 98.3 Å². The molecular weight excluding hydrogens is 144 g/mol. The predicted molar refractivity (Wildman–Crippen MR) is 35.6 cm³/mol. The summed E-state index contributed by atoms with van der Waals surface area (Å²) in [5.74, 6) is 0.152. The van der Waals surface area contributed by atoms with E-state index in [-0.39, 0.29) is 11.5 Å². The molecule has 0 radical (unpaired) electrons. The molecule has 0 aliphatic carbocycles. The Balaban J connectivity index is 3.12. The number of rotatable bonds is 1. The van der Waals surface area contributed by atoms with E-state index in [2.05, 4.69) is 20.0 Å². The van der Waals surface area contributed by atoms with Crippen molar-refractivity contribution in [3.63, 3.8) is 0 Å². The maximum absolute atomic E-state index is 8.36. The van der Waals surface area contributed by atoms with Gasteiger partial charge in [-0.2, -0.15) is 5.26 Å². The van der Waals surface area contributed by atoms with Gasteiger partial charge in [0.2, 0.25) is 0 Å². The molecule has 1 rings (SSSR count). The first-order chi connectivity index (χ1) is 5.36. The molecule has 0 aromatic carbocycles. The fraction of sp³-hybridized carbons (Fsp3) is 0. The summed E-state index contributed by atoms with van der Waals surface area (Å²) in [5, 5.41) is 11.5. The molecule has 1 aromatic rings. The van der Waals surface area contributed by atoms with Gasteiger partial charge in [0.05, 0.1) is 0 Å². The summed E-state index contributed by atoms with van der Waals surface area (Å²) in [6.07, 6.45) is 1.17. The largest absolute Gasteiger partial charge is 0.235 e. The van der Waals surface area contributed by atoms with Gasteiger partial charge in [-0.15, -0.1) is 0 Å². The SMILES string of the molecule is N#Cc1cc(N=[N+]=[N-])ncn1. The van der Waals surface area contributed by atoms with E-state index in [1.807, 2.05) is 0 Å². The highest BCUT2D eigenvalue weighted by Crippen LogP contribution is 2.06. The first kappa shape index (κ1) is 6.99. The van der Waals surface area contributed by atoms with Crippen molar-refractivity contribution >= 4 is 5.82 Å². The Kier molecular flexibility index (Phi) is 2.00. The van der Waals surface area contributed by atoms with Crippen LogP contribution in [-0.4, -0.2) is 9.97 Å². The van der Waals surface area contributed by atoms with Crippen LogP contribution in [0.1, 0.15) is 5.69 Å². The quantitative estimate of drug-likeness (QED) is 0.339. The first-order valence-electron chi connectivity index (χ1n) is 2.64. The molecule has 6 heteroatoms. The van der Waals surface area contributed by atoms with E-state index in [0.717, 1.165) is 0 Å². The Bertz CT molecular complexity index is 344. The summed E-state index contributed by atoms with van der Waals surface area (Å²) >= 11 is 0. The maximum atomic E-state index is 8.36. The van der Waals surface area contributed by atoms with Gasteiger partial charge in [-0.3, -0.25) is 0 Å². The number of hydrogen-bond donors (Lipinski definition) is 0. The highest BCUT2D eigenvalue weighted by molar-refractivity contribution is 5.32. The number of hydrogen-bond acceptors (Lipinski definition) is 4. The second-order valence-corrected chi connectivity index (χ2v) is 1.56. The van der Waals surface area contributed by atoms with Crippen LogP contribution >= 0.6 is 0 Å². The van der Waals surface area contributed by atoms with Crippen LogP contribution in [0, 0.1) is 11.3 Å². The molecule has 0 saturated carbocycles. The van der Waals surface area contributed by atoms with Crippen molar-refractivity contribution in [2.75, 3.05) is 0 Å². The fourth-order valence-corrected chi connectivity index (χ4v) is 0.509. The van der Waals surface area contributed by atoms with Crippen LogP contribution in [0.4, 0.5) is 5.82 Å². The van der Waals surface area contributed by atoms with Crippen LogP contribution in [0.25, 0.3) is 10.4 Å². The standard InChI is InChI=1S/C5H2N6/c6-2-4-1-5(10-11-7)9-3-8-4/h1,3H. The van der Waals surface area contributed by atoms with Crippen molar-refractivity contribution < 1.29 is 0 Å². The summed E-state index contributed by atoms with van der Waals surface area (Å²) < 4.78 is 0. The molecule has 11 heavy (non-hydrogen) atoms. The first-order valence-corrected chi connectivity index (χ1v) is 2.64. The minimum Gasteiger partial charge on any atom is -0.235 e. The molecule has 0 bridgehead atoms. The third-order valence-corrected chi connectivity index (χ3v) is 0.914. The lowest BCUT2D eigenvalue weighted by Crippen LogP contribution is -1.82. The molecule has 1 aromatic heterocycles. The molecule has 0 aliphatic rings. The number of azide groups is 1.